The summed E-state index contributed by atoms with van der Waals surface area (Å²) in [7, 11) is 0. The van der Waals surface area contributed by atoms with Crippen LogP contribution in [0, 0.1) is 0 Å². The Hall–Kier alpha value is -1.71. The lowest BCUT2D eigenvalue weighted by Gasteiger charge is -2.07. The molecule has 0 saturated carbocycles. The van der Waals surface area contributed by atoms with Crippen molar-refractivity contribution < 1.29 is 4.74 Å². The first kappa shape index (κ1) is 15.7. The molecule has 1 aromatic heterocycles. The number of nitrogens with one attached hydrogen (secondary N) is 1. The summed E-state index contributed by atoms with van der Waals surface area (Å²) in [6.45, 7) is 5.52. The number of aryl methyl sites for hydroxylation is 1. The molecule has 0 unspecified atom stereocenters. The summed E-state index contributed by atoms with van der Waals surface area (Å²) in [5.41, 5.74) is 3.88. The van der Waals surface area contributed by atoms with Crippen LogP contribution in [-0.4, -0.2) is 18.1 Å². The molecular formula is C18H24N2O. The van der Waals surface area contributed by atoms with E-state index in [1.165, 1.54) is 16.7 Å². The zero-order valence-corrected chi connectivity index (χ0v) is 12.7. The van der Waals surface area contributed by atoms with Crippen molar-refractivity contribution in [2.45, 2.75) is 32.9 Å². The van der Waals surface area contributed by atoms with Gasteiger partial charge in [-0.1, -0.05) is 31.2 Å². The van der Waals surface area contributed by atoms with Gasteiger partial charge in [0, 0.05) is 25.5 Å². The minimum atomic E-state index is 0.691. The van der Waals surface area contributed by atoms with Gasteiger partial charge in [0.15, 0.2) is 0 Å². The third-order valence-corrected chi connectivity index (χ3v) is 3.34. The number of benzene rings is 1. The van der Waals surface area contributed by atoms with Crippen molar-refractivity contribution in [2.24, 2.45) is 0 Å². The van der Waals surface area contributed by atoms with E-state index in [0.29, 0.717) is 6.61 Å². The van der Waals surface area contributed by atoms with Gasteiger partial charge >= 0.3 is 0 Å². The summed E-state index contributed by atoms with van der Waals surface area (Å²) >= 11 is 0. The minimum Gasteiger partial charge on any atom is -0.377 e. The van der Waals surface area contributed by atoms with Crippen molar-refractivity contribution in [1.82, 2.24) is 10.3 Å². The lowest BCUT2D eigenvalue weighted by molar-refractivity contribution is 0.118. The molecule has 0 fully saturated rings. The van der Waals surface area contributed by atoms with Crippen LogP contribution in [0.3, 0.4) is 0 Å². The monoisotopic (exact) mass is 284 g/mol. The Morgan fingerprint density at radius 2 is 1.86 bits per heavy atom. The Labute approximate surface area is 127 Å². The minimum absolute atomic E-state index is 0.691. The van der Waals surface area contributed by atoms with Crippen LogP contribution in [0.25, 0.3) is 0 Å². The molecule has 3 nitrogen and oxygen atoms in total. The average Bonchev–Trinajstić information content (AvgIpc) is 2.54. The Balaban J connectivity index is 1.66. The predicted octanol–water partition coefficient (Wildman–Crippen LogP) is 3.34. The van der Waals surface area contributed by atoms with Crippen molar-refractivity contribution in [2.75, 3.05) is 13.2 Å². The second-order valence-corrected chi connectivity index (χ2v) is 5.11. The molecule has 0 atom stereocenters. The highest BCUT2D eigenvalue weighted by Crippen LogP contribution is 2.07. The van der Waals surface area contributed by atoms with Gasteiger partial charge in [0.1, 0.15) is 0 Å². The molecule has 1 N–H and O–H groups in total. The molecule has 0 amide bonds. The molecule has 0 bridgehead atoms. The fourth-order valence-corrected chi connectivity index (χ4v) is 2.22. The zero-order chi connectivity index (χ0) is 14.8. The smallest absolute Gasteiger partial charge is 0.0716 e. The molecule has 0 saturated heterocycles. The Morgan fingerprint density at radius 3 is 2.67 bits per heavy atom. The molecule has 112 valence electrons. The van der Waals surface area contributed by atoms with Gasteiger partial charge in [-0.3, -0.25) is 4.98 Å². The predicted molar refractivity (Wildman–Crippen MR) is 86.0 cm³/mol. The lowest BCUT2D eigenvalue weighted by atomic mass is 10.1. The fourth-order valence-electron chi connectivity index (χ4n) is 2.22. The summed E-state index contributed by atoms with van der Waals surface area (Å²) in [6.07, 6.45) is 5.77. The number of nitrogens with zero attached hydrogens (tertiary/aromatic N) is 1. The van der Waals surface area contributed by atoms with E-state index in [2.05, 4.69) is 53.6 Å². The molecule has 1 aromatic carbocycles. The van der Waals surface area contributed by atoms with E-state index in [9.17, 15) is 0 Å². The van der Waals surface area contributed by atoms with Gasteiger partial charge in [0.25, 0.3) is 0 Å². The molecule has 2 rings (SSSR count). The van der Waals surface area contributed by atoms with Gasteiger partial charge in [-0.05, 0) is 48.2 Å². The summed E-state index contributed by atoms with van der Waals surface area (Å²) in [5, 5.41) is 3.34. The maximum Gasteiger partial charge on any atom is 0.0716 e. The molecule has 0 aliphatic carbocycles. The van der Waals surface area contributed by atoms with Gasteiger partial charge in [-0.15, -0.1) is 0 Å². The Bertz CT molecular complexity index is 514. The number of rotatable bonds is 9. The van der Waals surface area contributed by atoms with Crippen molar-refractivity contribution in [3.8, 4) is 0 Å². The van der Waals surface area contributed by atoms with E-state index in [1.54, 1.807) is 0 Å². The summed E-state index contributed by atoms with van der Waals surface area (Å²) < 4.78 is 5.76. The van der Waals surface area contributed by atoms with Crippen LogP contribution < -0.4 is 5.32 Å². The van der Waals surface area contributed by atoms with Crippen molar-refractivity contribution >= 4 is 0 Å². The number of aromatic nitrogens is 1. The van der Waals surface area contributed by atoms with Gasteiger partial charge < -0.3 is 10.1 Å². The van der Waals surface area contributed by atoms with Gasteiger partial charge in [-0.2, -0.15) is 0 Å². The highest BCUT2D eigenvalue weighted by atomic mass is 16.5. The van der Waals surface area contributed by atoms with Crippen molar-refractivity contribution in [1.29, 1.82) is 0 Å². The molecule has 2 aromatic rings. The van der Waals surface area contributed by atoms with Crippen LogP contribution in [0.15, 0.2) is 48.8 Å². The van der Waals surface area contributed by atoms with E-state index in [4.69, 9.17) is 4.74 Å². The molecule has 0 aliphatic heterocycles. The number of hydrogen-bond donors (Lipinski definition) is 1. The molecule has 0 radical (unpaired) electrons. The standard InChI is InChI=1S/C18H24N2O/c1-2-19-14-17-5-3-6-18(13-17)15-21-12-4-7-16-8-10-20-11-9-16/h3,5-6,8-11,13,19H,2,4,7,12,14-15H2,1H3. The largest absolute Gasteiger partial charge is 0.377 e. The Morgan fingerprint density at radius 1 is 1.05 bits per heavy atom. The lowest BCUT2D eigenvalue weighted by Crippen LogP contribution is -2.11. The van der Waals surface area contributed by atoms with Crippen LogP contribution >= 0.6 is 0 Å². The number of pyridine rings is 1. The maximum absolute atomic E-state index is 5.76. The molecule has 1 heterocycles. The van der Waals surface area contributed by atoms with E-state index >= 15 is 0 Å². The van der Waals surface area contributed by atoms with E-state index in [0.717, 1.165) is 32.5 Å². The Kier molecular flexibility index (Phi) is 6.92. The fraction of sp³-hybridized carbons (Fsp3) is 0.389. The van der Waals surface area contributed by atoms with Crippen LogP contribution in [-0.2, 0) is 24.3 Å². The summed E-state index contributed by atoms with van der Waals surface area (Å²) in [5.74, 6) is 0. The quantitative estimate of drug-likeness (QED) is 0.717. The molecule has 0 spiro atoms. The summed E-state index contributed by atoms with van der Waals surface area (Å²) in [6, 6.07) is 12.7. The van der Waals surface area contributed by atoms with Crippen LogP contribution in [0.1, 0.15) is 30.0 Å². The number of hydrogen-bond acceptors (Lipinski definition) is 3. The first-order valence-corrected chi connectivity index (χ1v) is 7.63. The first-order valence-electron chi connectivity index (χ1n) is 7.63. The van der Waals surface area contributed by atoms with Gasteiger partial charge in [0.05, 0.1) is 6.61 Å². The summed E-state index contributed by atoms with van der Waals surface area (Å²) in [4.78, 5) is 4.02. The topological polar surface area (TPSA) is 34.1 Å². The van der Waals surface area contributed by atoms with E-state index in [-0.39, 0.29) is 0 Å². The zero-order valence-electron chi connectivity index (χ0n) is 12.7. The molecule has 3 heteroatoms. The maximum atomic E-state index is 5.76. The molecular weight excluding hydrogens is 260 g/mol. The van der Waals surface area contributed by atoms with E-state index < -0.39 is 0 Å². The van der Waals surface area contributed by atoms with Crippen molar-refractivity contribution in [3.63, 3.8) is 0 Å². The number of ether oxygens (including phenoxy) is 1. The average molecular weight is 284 g/mol. The van der Waals surface area contributed by atoms with Gasteiger partial charge in [-0.25, -0.2) is 0 Å². The second kappa shape index (κ2) is 9.27. The van der Waals surface area contributed by atoms with Crippen LogP contribution in [0.2, 0.25) is 0 Å². The van der Waals surface area contributed by atoms with Crippen molar-refractivity contribution in [3.05, 3.63) is 65.5 Å². The van der Waals surface area contributed by atoms with Crippen LogP contribution in [0.4, 0.5) is 0 Å². The van der Waals surface area contributed by atoms with Gasteiger partial charge in [0.2, 0.25) is 0 Å². The third kappa shape index (κ3) is 6.06. The normalized spacial score (nSPS) is 10.7. The first-order chi connectivity index (χ1) is 10.4. The third-order valence-electron chi connectivity index (χ3n) is 3.34. The van der Waals surface area contributed by atoms with Crippen LogP contribution in [0.5, 0.6) is 0 Å². The van der Waals surface area contributed by atoms with E-state index in [1.807, 2.05) is 12.4 Å². The second-order valence-electron chi connectivity index (χ2n) is 5.11. The highest BCUT2D eigenvalue weighted by molar-refractivity contribution is 5.22. The highest BCUT2D eigenvalue weighted by Gasteiger charge is 1.97. The SMILES string of the molecule is CCNCc1cccc(COCCCc2ccncc2)c1. The molecule has 21 heavy (non-hydrogen) atoms. The molecule has 0 aliphatic rings.